The molecule has 0 aliphatic carbocycles. The Morgan fingerprint density at radius 3 is 2.55 bits per heavy atom. The highest BCUT2D eigenvalue weighted by molar-refractivity contribution is 5.99. The number of esters is 1. The maximum absolute atomic E-state index is 11.9. The first-order chi connectivity index (χ1) is 9.51. The molecule has 0 saturated heterocycles. The molecule has 0 aliphatic rings. The third-order valence-electron chi connectivity index (χ3n) is 3.20. The number of hydrogen-bond donors (Lipinski definition) is 1. The number of nitrogen functional groups attached to an aromatic ring is 1. The highest BCUT2D eigenvalue weighted by atomic mass is 16.5. The second-order valence-corrected chi connectivity index (χ2v) is 4.97. The van der Waals surface area contributed by atoms with Crippen LogP contribution in [-0.4, -0.2) is 51.7 Å². The molecule has 0 radical (unpaired) electrons. The van der Waals surface area contributed by atoms with Gasteiger partial charge in [-0.05, 0) is 46.1 Å². The van der Waals surface area contributed by atoms with Gasteiger partial charge in [0, 0.05) is 13.1 Å². The second kappa shape index (κ2) is 7.75. The number of hydrogen-bond acceptors (Lipinski definition) is 5. The Hall–Kier alpha value is -1.75. The van der Waals surface area contributed by atoms with Crippen molar-refractivity contribution in [1.82, 2.24) is 4.90 Å². The number of methoxy groups -OCH3 is 1. The van der Waals surface area contributed by atoms with E-state index in [0.717, 1.165) is 31.7 Å². The molecule has 0 amide bonds. The van der Waals surface area contributed by atoms with E-state index < -0.39 is 0 Å². The van der Waals surface area contributed by atoms with E-state index in [1.165, 1.54) is 7.11 Å². The van der Waals surface area contributed by atoms with Crippen LogP contribution in [0.4, 0.5) is 11.4 Å². The fourth-order valence-corrected chi connectivity index (χ4v) is 2.19. The van der Waals surface area contributed by atoms with Crippen molar-refractivity contribution in [3.05, 3.63) is 23.8 Å². The number of carbonyl (C=O) groups excluding carboxylic acids is 1. The van der Waals surface area contributed by atoms with Gasteiger partial charge in [0.2, 0.25) is 0 Å². The number of rotatable bonds is 7. The minimum atomic E-state index is -0.349. The van der Waals surface area contributed by atoms with Crippen molar-refractivity contribution >= 4 is 17.3 Å². The number of anilines is 2. The van der Waals surface area contributed by atoms with Gasteiger partial charge in [-0.25, -0.2) is 4.79 Å². The van der Waals surface area contributed by atoms with Crippen molar-refractivity contribution in [2.24, 2.45) is 0 Å². The van der Waals surface area contributed by atoms with Gasteiger partial charge < -0.3 is 20.3 Å². The lowest BCUT2D eigenvalue weighted by Crippen LogP contribution is -2.29. The molecule has 0 saturated carbocycles. The standard InChI is InChI=1S/C15H25N3O2/c1-5-18(11-7-10-17(2)3)14-12(15(19)20-4)8-6-9-13(14)16/h6,8-9H,5,7,10-11,16H2,1-4H3. The maximum atomic E-state index is 11.9. The summed E-state index contributed by atoms with van der Waals surface area (Å²) in [5.41, 5.74) is 7.98. The van der Waals surface area contributed by atoms with Crippen LogP contribution in [0, 0.1) is 0 Å². The van der Waals surface area contributed by atoms with Gasteiger partial charge in [-0.15, -0.1) is 0 Å². The summed E-state index contributed by atoms with van der Waals surface area (Å²) in [6.07, 6.45) is 1.01. The van der Waals surface area contributed by atoms with E-state index in [2.05, 4.69) is 16.7 Å². The lowest BCUT2D eigenvalue weighted by atomic mass is 10.1. The number of ether oxygens (including phenoxy) is 1. The first-order valence-electron chi connectivity index (χ1n) is 6.87. The van der Waals surface area contributed by atoms with Crippen LogP contribution < -0.4 is 10.6 Å². The fourth-order valence-electron chi connectivity index (χ4n) is 2.19. The first-order valence-corrected chi connectivity index (χ1v) is 6.87. The van der Waals surface area contributed by atoms with Crippen LogP contribution in [0.3, 0.4) is 0 Å². The van der Waals surface area contributed by atoms with Gasteiger partial charge in [0.25, 0.3) is 0 Å². The van der Waals surface area contributed by atoms with Crippen LogP contribution in [0.25, 0.3) is 0 Å². The zero-order valence-corrected chi connectivity index (χ0v) is 12.8. The summed E-state index contributed by atoms with van der Waals surface area (Å²) in [7, 11) is 5.48. The fraction of sp³-hybridized carbons (Fsp3) is 0.533. The summed E-state index contributed by atoms with van der Waals surface area (Å²) >= 11 is 0. The summed E-state index contributed by atoms with van der Waals surface area (Å²) in [6, 6.07) is 5.35. The summed E-state index contributed by atoms with van der Waals surface area (Å²) in [5.74, 6) is -0.349. The largest absolute Gasteiger partial charge is 0.465 e. The van der Waals surface area contributed by atoms with Crippen molar-refractivity contribution in [3.8, 4) is 0 Å². The number of benzene rings is 1. The minimum Gasteiger partial charge on any atom is -0.465 e. The molecule has 0 unspecified atom stereocenters. The van der Waals surface area contributed by atoms with Crippen LogP contribution in [-0.2, 0) is 4.74 Å². The predicted molar refractivity (Wildman–Crippen MR) is 83.3 cm³/mol. The van der Waals surface area contributed by atoms with Crippen molar-refractivity contribution < 1.29 is 9.53 Å². The highest BCUT2D eigenvalue weighted by Crippen LogP contribution is 2.28. The zero-order valence-electron chi connectivity index (χ0n) is 12.8. The normalized spacial score (nSPS) is 10.7. The van der Waals surface area contributed by atoms with Crippen molar-refractivity contribution in [1.29, 1.82) is 0 Å². The lowest BCUT2D eigenvalue weighted by molar-refractivity contribution is 0.0601. The van der Waals surface area contributed by atoms with E-state index in [1.54, 1.807) is 12.1 Å². The molecule has 5 nitrogen and oxygen atoms in total. The minimum absolute atomic E-state index is 0.349. The number of nitrogens with two attached hydrogens (primary N) is 1. The van der Waals surface area contributed by atoms with Gasteiger partial charge in [-0.2, -0.15) is 0 Å². The third-order valence-corrected chi connectivity index (χ3v) is 3.20. The molecular weight excluding hydrogens is 254 g/mol. The summed E-state index contributed by atoms with van der Waals surface area (Å²) in [5, 5.41) is 0. The molecule has 1 aromatic rings. The summed E-state index contributed by atoms with van der Waals surface area (Å²) in [6.45, 7) is 4.71. The van der Waals surface area contributed by atoms with E-state index in [4.69, 9.17) is 10.5 Å². The Bertz CT molecular complexity index is 447. The van der Waals surface area contributed by atoms with Crippen LogP contribution >= 0.6 is 0 Å². The average molecular weight is 279 g/mol. The molecule has 0 fully saturated rings. The topological polar surface area (TPSA) is 58.8 Å². The van der Waals surface area contributed by atoms with Gasteiger partial charge in [-0.3, -0.25) is 0 Å². The molecule has 0 aliphatic heterocycles. The molecule has 20 heavy (non-hydrogen) atoms. The predicted octanol–water partition coefficient (Wildman–Crippen LogP) is 1.83. The van der Waals surface area contributed by atoms with Crippen molar-refractivity contribution in [3.63, 3.8) is 0 Å². The maximum Gasteiger partial charge on any atom is 0.340 e. The van der Waals surface area contributed by atoms with Gasteiger partial charge in [0.05, 0.1) is 24.0 Å². The lowest BCUT2D eigenvalue weighted by Gasteiger charge is -2.27. The highest BCUT2D eigenvalue weighted by Gasteiger charge is 2.18. The molecule has 0 aromatic heterocycles. The molecule has 0 heterocycles. The molecule has 1 aromatic carbocycles. The SMILES string of the molecule is CCN(CCCN(C)C)c1c(N)cccc1C(=O)OC. The summed E-state index contributed by atoms with van der Waals surface area (Å²) < 4.78 is 4.84. The molecular formula is C15H25N3O2. The van der Waals surface area contributed by atoms with Crippen LogP contribution in [0.5, 0.6) is 0 Å². The number of para-hydroxylation sites is 1. The second-order valence-electron chi connectivity index (χ2n) is 4.97. The zero-order chi connectivity index (χ0) is 15.1. The Kier molecular flexibility index (Phi) is 6.31. The third kappa shape index (κ3) is 4.13. The quantitative estimate of drug-likeness (QED) is 0.609. The first kappa shape index (κ1) is 16.3. The van der Waals surface area contributed by atoms with Gasteiger partial charge in [0.1, 0.15) is 0 Å². The van der Waals surface area contributed by atoms with Crippen LogP contribution in [0.2, 0.25) is 0 Å². The molecule has 0 atom stereocenters. The molecule has 1 rings (SSSR count). The molecule has 5 heteroatoms. The van der Waals surface area contributed by atoms with E-state index in [0.29, 0.717) is 11.3 Å². The van der Waals surface area contributed by atoms with Gasteiger partial charge >= 0.3 is 5.97 Å². The van der Waals surface area contributed by atoms with Gasteiger partial charge in [-0.1, -0.05) is 6.07 Å². The average Bonchev–Trinajstić information content (AvgIpc) is 2.43. The Labute approximate surface area is 121 Å². The monoisotopic (exact) mass is 279 g/mol. The molecule has 2 N–H and O–H groups in total. The van der Waals surface area contributed by atoms with E-state index in [9.17, 15) is 4.79 Å². The smallest absolute Gasteiger partial charge is 0.340 e. The Balaban J connectivity index is 2.98. The van der Waals surface area contributed by atoms with Crippen molar-refractivity contribution in [2.45, 2.75) is 13.3 Å². The van der Waals surface area contributed by atoms with E-state index in [1.807, 2.05) is 20.2 Å². The molecule has 0 spiro atoms. The van der Waals surface area contributed by atoms with E-state index >= 15 is 0 Å². The number of nitrogens with zero attached hydrogens (tertiary/aromatic N) is 2. The van der Waals surface area contributed by atoms with E-state index in [-0.39, 0.29) is 5.97 Å². The summed E-state index contributed by atoms with van der Waals surface area (Å²) in [4.78, 5) is 16.1. The van der Waals surface area contributed by atoms with Gasteiger partial charge in [0.15, 0.2) is 0 Å². The Morgan fingerprint density at radius 1 is 1.30 bits per heavy atom. The molecule has 0 bridgehead atoms. The number of carbonyl (C=O) groups is 1. The molecule has 112 valence electrons. The van der Waals surface area contributed by atoms with Crippen molar-refractivity contribution in [2.75, 3.05) is 51.5 Å². The van der Waals surface area contributed by atoms with Crippen LogP contribution in [0.15, 0.2) is 18.2 Å². The van der Waals surface area contributed by atoms with Crippen LogP contribution in [0.1, 0.15) is 23.7 Å². The Morgan fingerprint density at radius 2 is 2.00 bits per heavy atom.